The lowest BCUT2D eigenvalue weighted by molar-refractivity contribution is -0.384. The summed E-state index contributed by atoms with van der Waals surface area (Å²) in [5, 5.41) is 10.4. The molecule has 1 aliphatic heterocycles. The van der Waals surface area contributed by atoms with E-state index < -0.39 is 14.8 Å². The fourth-order valence-electron chi connectivity index (χ4n) is 6.75. The molecular weight excluding hydrogens is 1250 g/mol. The first-order valence-electron chi connectivity index (χ1n) is 30.8. The molecule has 0 aromatic heterocycles. The third-order valence-electron chi connectivity index (χ3n) is 12.6. The van der Waals surface area contributed by atoms with Crippen LogP contribution in [0.25, 0.3) is 0 Å². The number of ether oxygens (including phenoxy) is 9. The SMILES string of the molecule is CC(=O)Oc1ccc(COC(=O)C(C)C)cc1.CC(C)C(=O)OCCS(=O)(=O)c1ccccc1.CC(C)C(=O)OCc1ccc(OC(=O)N2CCN(C)CC2)cc1.CC(C)C(=O)OCc1ccc([N+](=O)[O-])cc1.COC(=O)C(C)C.COc1ccc(COC(=O)C(C)C)cc1. The van der Waals surface area contributed by atoms with Gasteiger partial charge in [-0.25, -0.2) is 13.2 Å². The number of carbonyl (C=O) groups excluding carboxylic acids is 8. The Labute approximate surface area is 558 Å². The third-order valence-corrected chi connectivity index (χ3v) is 14.3. The molecule has 1 saturated heterocycles. The Balaban J connectivity index is 0.000000583. The first-order chi connectivity index (χ1) is 44.7. The summed E-state index contributed by atoms with van der Waals surface area (Å²) in [5.41, 5.74) is 3.44. The summed E-state index contributed by atoms with van der Waals surface area (Å²) in [4.78, 5) is 103. The molecule has 0 N–H and O–H groups in total. The monoisotopic (exact) mass is 1350 g/mol. The highest BCUT2D eigenvalue weighted by molar-refractivity contribution is 7.91. The van der Waals surface area contributed by atoms with Gasteiger partial charge in [0, 0.05) is 45.2 Å². The Morgan fingerprint density at radius 1 is 0.453 bits per heavy atom. The number of methoxy groups -OCH3 is 2. The van der Waals surface area contributed by atoms with Crippen LogP contribution in [0.15, 0.2) is 132 Å². The van der Waals surface area contributed by atoms with Crippen LogP contribution < -0.4 is 14.2 Å². The number of sulfone groups is 1. The van der Waals surface area contributed by atoms with E-state index in [-0.39, 0.29) is 126 Å². The van der Waals surface area contributed by atoms with E-state index in [2.05, 4.69) is 9.64 Å². The lowest BCUT2D eigenvalue weighted by Gasteiger charge is -2.31. The molecule has 1 fully saturated rings. The highest BCUT2D eigenvalue weighted by Crippen LogP contribution is 2.18. The number of carbonyl (C=O) groups is 8. The van der Waals surface area contributed by atoms with E-state index in [4.69, 9.17) is 37.9 Å². The predicted octanol–water partition coefficient (Wildman–Crippen LogP) is 11.6. The molecule has 0 saturated carbocycles. The second-order valence-electron chi connectivity index (χ2n) is 23.0. The number of esters is 7. The topological polar surface area (TPSA) is 303 Å². The number of piperazine rings is 1. The first kappa shape index (κ1) is 83.8. The molecule has 0 radical (unpaired) electrons. The van der Waals surface area contributed by atoms with Gasteiger partial charge in [-0.2, -0.15) is 0 Å². The minimum absolute atomic E-state index is 0.00463. The van der Waals surface area contributed by atoms with E-state index >= 15 is 0 Å². The van der Waals surface area contributed by atoms with Crippen LogP contribution in [0.3, 0.4) is 0 Å². The maximum atomic E-state index is 12.1. The lowest BCUT2D eigenvalue weighted by atomic mass is 10.2. The Morgan fingerprint density at radius 2 is 0.779 bits per heavy atom. The van der Waals surface area contributed by atoms with E-state index in [0.29, 0.717) is 31.2 Å². The summed E-state index contributed by atoms with van der Waals surface area (Å²) < 4.78 is 68.4. The van der Waals surface area contributed by atoms with Gasteiger partial charge in [0.25, 0.3) is 5.69 Å². The van der Waals surface area contributed by atoms with Crippen LogP contribution in [0.2, 0.25) is 0 Å². The molecular formula is C70H95N3O21S. The predicted molar refractivity (Wildman–Crippen MR) is 355 cm³/mol. The Hall–Kier alpha value is -9.23. The number of likely N-dealkylation sites (N-methyl/N-ethyl adjacent to an activating group) is 1. The maximum Gasteiger partial charge on any atom is 0.415 e. The molecule has 522 valence electrons. The van der Waals surface area contributed by atoms with Crippen molar-refractivity contribution in [3.63, 3.8) is 0 Å². The number of nitro benzene ring substituents is 1. The molecule has 0 aliphatic carbocycles. The van der Waals surface area contributed by atoms with Crippen LogP contribution in [0.1, 0.15) is 112 Å². The van der Waals surface area contributed by atoms with Crippen molar-refractivity contribution < 1.29 is 94.3 Å². The highest BCUT2D eigenvalue weighted by Gasteiger charge is 2.21. The van der Waals surface area contributed by atoms with Crippen molar-refractivity contribution in [3.05, 3.63) is 160 Å². The number of nitrogens with zero attached hydrogens (tertiary/aromatic N) is 3. The molecule has 0 unspecified atom stereocenters. The maximum absolute atomic E-state index is 12.1. The van der Waals surface area contributed by atoms with Gasteiger partial charge in [-0.05, 0) is 90.0 Å². The Kier molecular flexibility index (Phi) is 39.8. The lowest BCUT2D eigenvalue weighted by Crippen LogP contribution is -2.48. The summed E-state index contributed by atoms with van der Waals surface area (Å²) in [7, 11) is 1.69. The standard InChI is InChI=1S/C17H24N2O4.C13H16O4.C12H16O4S.C12H16O3.C11H13NO4.C5H10O2/c1-13(2)16(20)22-12-14-4-6-15(7-5-14)23-17(21)19-10-8-18(3)9-11-19;1-9(2)13(15)16-8-11-4-6-12(7-5-11)17-10(3)14;1-10(2)12(13)16-8-9-17(14,15)11-6-4-3-5-7-11;1-9(2)12(13)15-8-10-4-6-11(14-3)7-5-10;1-8(2)11(13)16-7-9-3-5-10(6-4-9)12(14)15;1-4(2)5(6)7-3/h4-7,13H,8-12H2,1-3H3;4-7,9H,8H2,1-3H3;3-7,10H,8-9H2,1-2H3;4-7,9H,8H2,1-3H3;3-6,8H,7H2,1-2H3;4H,1-3H3. The number of hydrogen-bond donors (Lipinski definition) is 0. The summed E-state index contributed by atoms with van der Waals surface area (Å²) in [6.45, 7) is 26.5. The van der Waals surface area contributed by atoms with Gasteiger partial charge >= 0.3 is 47.9 Å². The van der Waals surface area contributed by atoms with Gasteiger partial charge in [-0.1, -0.05) is 138 Å². The Bertz CT molecular complexity index is 3240. The van der Waals surface area contributed by atoms with Gasteiger partial charge in [0.05, 0.1) is 65.3 Å². The molecule has 5 aromatic rings. The zero-order valence-corrected chi connectivity index (χ0v) is 58.3. The molecule has 6 rings (SSSR count). The average Bonchev–Trinajstić information content (AvgIpc) is 1.08. The largest absolute Gasteiger partial charge is 0.497 e. The fourth-order valence-corrected chi connectivity index (χ4v) is 7.86. The third kappa shape index (κ3) is 36.7. The fraction of sp³-hybridized carbons (Fsp3) is 0.457. The molecule has 0 bridgehead atoms. The van der Waals surface area contributed by atoms with E-state index in [9.17, 15) is 56.9 Å². The molecule has 1 amide bonds. The zero-order valence-electron chi connectivity index (χ0n) is 57.5. The van der Waals surface area contributed by atoms with Gasteiger partial charge in [0.1, 0.15) is 50.3 Å². The summed E-state index contributed by atoms with van der Waals surface area (Å²) >= 11 is 0. The average molecular weight is 1350 g/mol. The number of non-ortho nitro benzene ring substituents is 1. The van der Waals surface area contributed by atoms with Gasteiger partial charge in [0.15, 0.2) is 9.84 Å². The molecule has 0 atom stereocenters. The molecule has 1 heterocycles. The molecule has 25 heteroatoms. The first-order valence-corrected chi connectivity index (χ1v) is 32.4. The van der Waals surface area contributed by atoms with E-state index in [0.717, 1.165) is 41.1 Å². The van der Waals surface area contributed by atoms with E-state index in [1.807, 2.05) is 45.2 Å². The number of rotatable bonds is 22. The number of hydrogen-bond acceptors (Lipinski definition) is 22. The van der Waals surface area contributed by atoms with Crippen molar-refractivity contribution in [1.82, 2.24) is 9.80 Å². The number of nitro groups is 1. The van der Waals surface area contributed by atoms with E-state index in [1.165, 1.54) is 38.3 Å². The van der Waals surface area contributed by atoms with Crippen LogP contribution >= 0.6 is 0 Å². The second kappa shape index (κ2) is 45.2. The van der Waals surface area contributed by atoms with E-state index in [1.54, 1.807) is 160 Å². The second-order valence-corrected chi connectivity index (χ2v) is 25.1. The van der Waals surface area contributed by atoms with Crippen LogP contribution in [0.5, 0.6) is 17.2 Å². The summed E-state index contributed by atoms with van der Waals surface area (Å²) in [6, 6.07) is 35.4. The van der Waals surface area contributed by atoms with Gasteiger partial charge in [-0.15, -0.1) is 0 Å². The van der Waals surface area contributed by atoms with Crippen molar-refractivity contribution in [2.75, 3.05) is 59.8 Å². The Morgan fingerprint density at radius 3 is 1.08 bits per heavy atom. The van der Waals surface area contributed by atoms with Crippen molar-refractivity contribution in [1.29, 1.82) is 0 Å². The smallest absolute Gasteiger partial charge is 0.415 e. The molecule has 1 aliphatic rings. The minimum atomic E-state index is -3.36. The number of benzene rings is 5. The van der Waals surface area contributed by atoms with Crippen LogP contribution in [-0.4, -0.2) is 131 Å². The molecule has 95 heavy (non-hydrogen) atoms. The van der Waals surface area contributed by atoms with Crippen molar-refractivity contribution in [2.45, 2.75) is 121 Å². The van der Waals surface area contributed by atoms with Gasteiger partial charge in [-0.3, -0.25) is 43.7 Å². The zero-order chi connectivity index (χ0) is 71.8. The molecule has 5 aromatic carbocycles. The summed E-state index contributed by atoms with van der Waals surface area (Å²) in [6.07, 6.45) is -0.322. The van der Waals surface area contributed by atoms with Crippen molar-refractivity contribution in [3.8, 4) is 17.2 Å². The highest BCUT2D eigenvalue weighted by atomic mass is 32.2. The number of amides is 1. The molecule has 24 nitrogen and oxygen atoms in total. The van der Waals surface area contributed by atoms with Crippen molar-refractivity contribution in [2.24, 2.45) is 35.5 Å². The van der Waals surface area contributed by atoms with Crippen LogP contribution in [0, 0.1) is 45.6 Å². The van der Waals surface area contributed by atoms with Gasteiger partial charge in [0.2, 0.25) is 0 Å². The quantitative estimate of drug-likeness (QED) is 0.0204. The molecule has 0 spiro atoms. The normalized spacial score (nSPS) is 11.6. The van der Waals surface area contributed by atoms with Crippen LogP contribution in [-0.2, 0) is 98.2 Å². The van der Waals surface area contributed by atoms with Crippen molar-refractivity contribution >= 4 is 63.4 Å². The minimum Gasteiger partial charge on any atom is -0.497 e. The van der Waals surface area contributed by atoms with Gasteiger partial charge < -0.3 is 52.4 Å². The van der Waals surface area contributed by atoms with Crippen LogP contribution in [0.4, 0.5) is 10.5 Å². The summed E-state index contributed by atoms with van der Waals surface area (Å²) in [5.74, 6) is -0.964.